The smallest absolute Gasteiger partial charge is 0.148 e. The fourth-order valence-corrected chi connectivity index (χ4v) is 3.81. The first-order valence-corrected chi connectivity index (χ1v) is 7.71. The van der Waals surface area contributed by atoms with Crippen molar-refractivity contribution in [1.29, 1.82) is 0 Å². The first-order chi connectivity index (χ1) is 9.13. The fourth-order valence-electron chi connectivity index (χ4n) is 3.81. The van der Waals surface area contributed by atoms with Gasteiger partial charge >= 0.3 is 0 Å². The Morgan fingerprint density at radius 1 is 1.47 bits per heavy atom. The number of hydrogen-bond donors (Lipinski definition) is 2. The molecule has 4 nitrogen and oxygen atoms in total. The van der Waals surface area contributed by atoms with Gasteiger partial charge in [-0.15, -0.1) is 0 Å². The van der Waals surface area contributed by atoms with Crippen LogP contribution in [0.3, 0.4) is 0 Å². The number of nitrogens with one attached hydrogen (secondary N) is 2. The van der Waals surface area contributed by atoms with E-state index in [4.69, 9.17) is 0 Å². The molecule has 1 spiro atoms. The number of hydrogen-bond acceptors (Lipinski definition) is 3. The average Bonchev–Trinajstić information content (AvgIpc) is 2.66. The topological polar surface area (TPSA) is 41.9 Å². The van der Waals surface area contributed by atoms with Crippen molar-refractivity contribution in [1.82, 2.24) is 9.78 Å². The summed E-state index contributed by atoms with van der Waals surface area (Å²) in [5, 5.41) is 12.2. The van der Waals surface area contributed by atoms with Crippen molar-refractivity contribution in [3.63, 3.8) is 0 Å². The largest absolute Gasteiger partial charge is 0.378 e. The maximum Gasteiger partial charge on any atom is 0.148 e. The van der Waals surface area contributed by atoms with Crippen LogP contribution < -0.4 is 10.6 Å². The van der Waals surface area contributed by atoms with Gasteiger partial charge in [0.15, 0.2) is 0 Å². The van der Waals surface area contributed by atoms with Crippen LogP contribution in [-0.4, -0.2) is 21.9 Å². The summed E-state index contributed by atoms with van der Waals surface area (Å²) >= 11 is 0. The highest BCUT2D eigenvalue weighted by molar-refractivity contribution is 5.71. The van der Waals surface area contributed by atoms with Crippen LogP contribution in [0.1, 0.15) is 51.6 Å². The lowest BCUT2D eigenvalue weighted by molar-refractivity contribution is 0.265. The molecule has 0 bridgehead atoms. The minimum absolute atomic E-state index is 0.252. The van der Waals surface area contributed by atoms with Crippen LogP contribution in [0.4, 0.5) is 11.5 Å². The van der Waals surface area contributed by atoms with Crippen LogP contribution in [-0.2, 0) is 13.5 Å². The lowest BCUT2D eigenvalue weighted by Crippen LogP contribution is -2.51. The summed E-state index contributed by atoms with van der Waals surface area (Å²) in [6.45, 7) is 5.64. The van der Waals surface area contributed by atoms with Crippen molar-refractivity contribution in [2.45, 2.75) is 57.9 Å². The maximum absolute atomic E-state index is 4.67. The third kappa shape index (κ3) is 2.21. The molecule has 1 aromatic heterocycles. The lowest BCUT2D eigenvalue weighted by atomic mass is 9.75. The van der Waals surface area contributed by atoms with E-state index in [0.29, 0.717) is 0 Å². The molecule has 0 amide bonds. The van der Waals surface area contributed by atoms with E-state index in [1.807, 2.05) is 4.68 Å². The highest BCUT2D eigenvalue weighted by Gasteiger charge is 2.39. The molecule has 2 N–H and O–H groups in total. The van der Waals surface area contributed by atoms with Crippen molar-refractivity contribution in [3.8, 4) is 0 Å². The minimum Gasteiger partial charge on any atom is -0.378 e. The van der Waals surface area contributed by atoms with Crippen molar-refractivity contribution in [3.05, 3.63) is 5.69 Å². The zero-order valence-electron chi connectivity index (χ0n) is 12.4. The predicted octanol–water partition coefficient (Wildman–Crippen LogP) is 3.16. The molecule has 2 unspecified atom stereocenters. The van der Waals surface area contributed by atoms with Gasteiger partial charge in [-0.25, -0.2) is 0 Å². The van der Waals surface area contributed by atoms with Gasteiger partial charge in [0.05, 0.1) is 11.2 Å². The third-order valence-corrected chi connectivity index (χ3v) is 4.69. The summed E-state index contributed by atoms with van der Waals surface area (Å²) in [6, 6.07) is 0. The van der Waals surface area contributed by atoms with Gasteiger partial charge in [-0.05, 0) is 25.2 Å². The number of aromatic nitrogens is 2. The van der Waals surface area contributed by atoms with E-state index >= 15 is 0 Å². The van der Waals surface area contributed by atoms with E-state index in [1.165, 1.54) is 42.9 Å². The van der Waals surface area contributed by atoms with Gasteiger partial charge in [0, 0.05) is 13.6 Å². The van der Waals surface area contributed by atoms with Crippen LogP contribution in [0.5, 0.6) is 0 Å². The van der Waals surface area contributed by atoms with Crippen molar-refractivity contribution < 1.29 is 0 Å². The maximum atomic E-state index is 4.67. The summed E-state index contributed by atoms with van der Waals surface area (Å²) in [4.78, 5) is 0. The second-order valence-electron chi connectivity index (χ2n) is 6.50. The molecular weight excluding hydrogens is 236 g/mol. The summed E-state index contributed by atoms with van der Waals surface area (Å²) in [5.74, 6) is 2.02. The summed E-state index contributed by atoms with van der Waals surface area (Å²) in [7, 11) is 2.05. The second-order valence-corrected chi connectivity index (χ2v) is 6.50. The number of nitrogens with zero attached hydrogens (tertiary/aromatic N) is 2. The van der Waals surface area contributed by atoms with Crippen LogP contribution in [0.15, 0.2) is 0 Å². The van der Waals surface area contributed by atoms with Gasteiger partial charge in [-0.3, -0.25) is 4.68 Å². The molecule has 2 aliphatic rings. The Hall–Kier alpha value is -1.19. The molecule has 1 saturated carbocycles. The highest BCUT2D eigenvalue weighted by atomic mass is 15.4. The highest BCUT2D eigenvalue weighted by Crippen LogP contribution is 2.41. The molecular formula is C15H26N4. The molecule has 0 saturated heterocycles. The van der Waals surface area contributed by atoms with E-state index in [0.717, 1.165) is 25.3 Å². The standard InChI is InChI=1S/C15H26N4/c1-4-6-12-13-14(19(3)18-12)17-15(10-16-13)8-5-7-11(2)9-15/h11,16-17H,4-10H2,1-3H3. The van der Waals surface area contributed by atoms with E-state index in [9.17, 15) is 0 Å². The van der Waals surface area contributed by atoms with Gasteiger partial charge in [-0.2, -0.15) is 5.10 Å². The monoisotopic (exact) mass is 262 g/mol. The van der Waals surface area contributed by atoms with Gasteiger partial charge < -0.3 is 10.6 Å². The average molecular weight is 262 g/mol. The molecule has 2 heterocycles. The zero-order valence-corrected chi connectivity index (χ0v) is 12.4. The molecule has 4 heteroatoms. The lowest BCUT2D eigenvalue weighted by Gasteiger charge is -2.44. The Balaban J connectivity index is 1.87. The van der Waals surface area contributed by atoms with Gasteiger partial charge in [0.25, 0.3) is 0 Å². The molecule has 1 aliphatic heterocycles. The van der Waals surface area contributed by atoms with E-state index in [2.05, 4.69) is 36.6 Å². The Kier molecular flexibility index (Phi) is 3.19. The van der Waals surface area contributed by atoms with Crippen molar-refractivity contribution in [2.24, 2.45) is 13.0 Å². The number of fused-ring (bicyclic) bond motifs is 1. The van der Waals surface area contributed by atoms with Gasteiger partial charge in [0.1, 0.15) is 11.5 Å². The molecule has 3 rings (SSSR count). The van der Waals surface area contributed by atoms with Crippen LogP contribution in [0, 0.1) is 5.92 Å². The van der Waals surface area contributed by atoms with Crippen LogP contribution >= 0.6 is 0 Å². The molecule has 106 valence electrons. The van der Waals surface area contributed by atoms with E-state index in [1.54, 1.807) is 0 Å². The molecule has 1 aliphatic carbocycles. The number of rotatable bonds is 2. The van der Waals surface area contributed by atoms with Gasteiger partial charge in [-0.1, -0.05) is 33.1 Å². The normalized spacial score (nSPS) is 29.7. The number of aryl methyl sites for hydroxylation is 2. The fraction of sp³-hybridized carbons (Fsp3) is 0.800. The van der Waals surface area contributed by atoms with Crippen molar-refractivity contribution in [2.75, 3.05) is 17.2 Å². The van der Waals surface area contributed by atoms with Crippen molar-refractivity contribution >= 4 is 11.5 Å². The zero-order chi connectivity index (χ0) is 13.5. The van der Waals surface area contributed by atoms with Crippen LogP contribution in [0.2, 0.25) is 0 Å². The van der Waals surface area contributed by atoms with E-state index < -0.39 is 0 Å². The predicted molar refractivity (Wildman–Crippen MR) is 79.7 cm³/mol. The minimum atomic E-state index is 0.252. The summed E-state index contributed by atoms with van der Waals surface area (Å²) in [6.07, 6.45) is 7.47. The quantitative estimate of drug-likeness (QED) is 0.860. The molecule has 0 aromatic carbocycles. The summed E-state index contributed by atoms with van der Waals surface area (Å²) < 4.78 is 2.02. The Morgan fingerprint density at radius 2 is 2.32 bits per heavy atom. The van der Waals surface area contributed by atoms with Gasteiger partial charge in [0.2, 0.25) is 0 Å². The first-order valence-electron chi connectivity index (χ1n) is 7.71. The third-order valence-electron chi connectivity index (χ3n) is 4.69. The molecule has 19 heavy (non-hydrogen) atoms. The van der Waals surface area contributed by atoms with E-state index in [-0.39, 0.29) is 5.54 Å². The molecule has 1 fully saturated rings. The Bertz CT molecular complexity index is 465. The first kappa shape index (κ1) is 12.8. The SMILES string of the molecule is CCCc1nn(C)c2c1NCC1(CCCC(C)C1)N2. The molecule has 2 atom stereocenters. The van der Waals surface area contributed by atoms with Crippen LogP contribution in [0.25, 0.3) is 0 Å². The Morgan fingerprint density at radius 3 is 3.05 bits per heavy atom. The Labute approximate surface area is 116 Å². The molecule has 1 aromatic rings. The second kappa shape index (κ2) is 4.73. The number of anilines is 2. The summed E-state index contributed by atoms with van der Waals surface area (Å²) in [5.41, 5.74) is 2.71. The molecule has 0 radical (unpaired) electrons.